The first-order chi connectivity index (χ1) is 5.66. The average molecular weight is 336 g/mol. The summed E-state index contributed by atoms with van der Waals surface area (Å²) in [4.78, 5) is 34.5. The van der Waals surface area contributed by atoms with Crippen LogP contribution >= 0.6 is 0 Å². The van der Waals surface area contributed by atoms with E-state index in [0.717, 1.165) is 0 Å². The van der Waals surface area contributed by atoms with Crippen molar-refractivity contribution >= 4 is 73.0 Å². The number of hydrogen-bond donors (Lipinski definition) is 0. The molecule has 0 spiro atoms. The molecular formula is C4H4Na4O4S4. The zero-order chi connectivity index (χ0) is 10.8. The summed E-state index contributed by atoms with van der Waals surface area (Å²) < 4.78 is 0. The molecule has 12 heteroatoms. The van der Waals surface area contributed by atoms with Crippen LogP contribution in [0.2, 0.25) is 0 Å². The first-order valence-electron chi connectivity index (χ1n) is 1.89. The molecule has 0 fully saturated rings. The summed E-state index contributed by atoms with van der Waals surface area (Å²) in [6, 6.07) is 0. The SMILES string of the molecule is O=C[S-].O=C[S-].O=C[S-].O=C[S-].[Na+].[Na+].[Na+].[Na+]. The fraction of sp³-hybridized carbons (Fsp3) is 0. The fourth-order valence-electron chi connectivity index (χ4n) is 0. The Morgan fingerprint density at radius 3 is 0.438 bits per heavy atom. The molecule has 0 unspecified atom stereocenters. The summed E-state index contributed by atoms with van der Waals surface area (Å²) in [6.07, 6.45) is 0. The topological polar surface area (TPSA) is 68.3 Å². The number of hydrogen-bond acceptors (Lipinski definition) is 8. The van der Waals surface area contributed by atoms with Crippen LogP contribution in [0.5, 0.6) is 0 Å². The van der Waals surface area contributed by atoms with Gasteiger partial charge in [0.2, 0.25) is 0 Å². The van der Waals surface area contributed by atoms with E-state index < -0.39 is 0 Å². The predicted octanol–water partition coefficient (Wildman–Crippen LogP) is -13.1. The molecule has 0 amide bonds. The van der Waals surface area contributed by atoms with Gasteiger partial charge in [-0.15, -0.1) is 0 Å². The average Bonchev–Trinajstić information content (AvgIpc) is 1.92. The zero-order valence-corrected chi connectivity index (χ0v) is 20.8. The summed E-state index contributed by atoms with van der Waals surface area (Å²) in [7, 11) is 0. The van der Waals surface area contributed by atoms with Crippen molar-refractivity contribution in [3.05, 3.63) is 0 Å². The van der Waals surface area contributed by atoms with Crippen molar-refractivity contribution in [2.24, 2.45) is 0 Å². The van der Waals surface area contributed by atoms with Crippen LogP contribution in [-0.4, -0.2) is 22.5 Å². The van der Waals surface area contributed by atoms with Gasteiger partial charge < -0.3 is 69.7 Å². The van der Waals surface area contributed by atoms with Gasteiger partial charge in [0, 0.05) is 0 Å². The Morgan fingerprint density at radius 1 is 0.438 bits per heavy atom. The number of rotatable bonds is 0. The predicted molar refractivity (Wildman–Crippen MR) is 56.5 cm³/mol. The number of carbonyl (C=O) groups excluding carboxylic acids is 4. The van der Waals surface area contributed by atoms with Crippen molar-refractivity contribution in [2.45, 2.75) is 0 Å². The molecule has 0 N–H and O–H groups in total. The van der Waals surface area contributed by atoms with E-state index in [2.05, 4.69) is 50.5 Å². The van der Waals surface area contributed by atoms with E-state index in [4.69, 9.17) is 19.2 Å². The first kappa shape index (κ1) is 50.4. The van der Waals surface area contributed by atoms with Crippen LogP contribution in [0, 0.1) is 0 Å². The molecule has 0 aliphatic rings. The van der Waals surface area contributed by atoms with Crippen LogP contribution in [0.25, 0.3) is 0 Å². The van der Waals surface area contributed by atoms with Crippen LogP contribution in [0.1, 0.15) is 0 Å². The molecule has 0 heterocycles. The summed E-state index contributed by atoms with van der Waals surface area (Å²) >= 11 is 14.9. The van der Waals surface area contributed by atoms with Crippen molar-refractivity contribution in [3.63, 3.8) is 0 Å². The van der Waals surface area contributed by atoms with Crippen LogP contribution in [0.4, 0.5) is 0 Å². The molecule has 0 aromatic carbocycles. The maximum atomic E-state index is 8.62. The maximum Gasteiger partial charge on any atom is 1.00 e. The molecular weight excluding hydrogens is 332 g/mol. The molecule has 0 aliphatic carbocycles. The molecule has 0 aliphatic heterocycles. The summed E-state index contributed by atoms with van der Waals surface area (Å²) in [5, 5.41) is 0. The third kappa shape index (κ3) is 380. The second-order valence-electron chi connectivity index (χ2n) is 0.385. The molecule has 72 valence electrons. The molecule has 4 nitrogen and oxygen atoms in total. The summed E-state index contributed by atoms with van der Waals surface area (Å²) in [6.45, 7) is 0. The Labute approximate surface area is 206 Å². The van der Waals surface area contributed by atoms with Crippen molar-refractivity contribution < 1.29 is 137 Å². The zero-order valence-electron chi connectivity index (χ0n) is 9.58. The van der Waals surface area contributed by atoms with Crippen LogP contribution in [0.3, 0.4) is 0 Å². The van der Waals surface area contributed by atoms with Gasteiger partial charge in [0.05, 0.1) is 0 Å². The van der Waals surface area contributed by atoms with E-state index in [1.165, 1.54) is 0 Å². The normalized spacial score (nSPS) is 3.00. The van der Waals surface area contributed by atoms with Gasteiger partial charge in [0.25, 0.3) is 0 Å². The van der Waals surface area contributed by atoms with Gasteiger partial charge in [0.1, 0.15) is 0 Å². The van der Waals surface area contributed by atoms with Crippen LogP contribution < -0.4 is 118 Å². The van der Waals surface area contributed by atoms with E-state index in [-0.39, 0.29) is 118 Å². The second kappa shape index (κ2) is 100. The minimum absolute atomic E-state index is 0. The Kier molecular flexibility index (Phi) is 316. The van der Waals surface area contributed by atoms with Crippen molar-refractivity contribution in [1.29, 1.82) is 0 Å². The minimum atomic E-state index is 0. The Hall–Kier alpha value is 3.56. The minimum Gasteiger partial charge on any atom is -0.746 e. The molecule has 0 aromatic rings. The van der Waals surface area contributed by atoms with Crippen LogP contribution in [-0.2, 0) is 69.7 Å². The standard InChI is InChI=1S/4CH2OS.4Na/c4*2-1-3;;;;/h4*1H,(H,2,3);;;;/q;;;;4*+1/p-4. The summed E-state index contributed by atoms with van der Waals surface area (Å²) in [5.41, 5.74) is 1.33. The molecule has 0 atom stereocenters. The molecule has 0 saturated carbocycles. The molecule has 0 rings (SSSR count). The number of carbonyl (C=O) groups is 4. The van der Waals surface area contributed by atoms with Gasteiger partial charge in [0.15, 0.2) is 0 Å². The van der Waals surface area contributed by atoms with E-state index in [1.54, 1.807) is 0 Å². The smallest absolute Gasteiger partial charge is 0.746 e. The molecule has 16 heavy (non-hydrogen) atoms. The Balaban J connectivity index is -0.00000000821. The van der Waals surface area contributed by atoms with Gasteiger partial charge in [-0.2, -0.15) is 0 Å². The fourth-order valence-corrected chi connectivity index (χ4v) is 0. The third-order valence-corrected chi connectivity index (χ3v) is 0. The van der Waals surface area contributed by atoms with E-state index >= 15 is 0 Å². The molecule has 0 aromatic heterocycles. The third-order valence-electron chi connectivity index (χ3n) is 0. The van der Waals surface area contributed by atoms with Crippen molar-refractivity contribution in [1.82, 2.24) is 0 Å². The monoisotopic (exact) mass is 336 g/mol. The van der Waals surface area contributed by atoms with E-state index in [0.29, 0.717) is 22.5 Å². The quantitative estimate of drug-likeness (QED) is 0.245. The van der Waals surface area contributed by atoms with Crippen molar-refractivity contribution in [3.8, 4) is 0 Å². The Bertz CT molecular complexity index is 86.0. The maximum absolute atomic E-state index is 8.62. The van der Waals surface area contributed by atoms with Gasteiger partial charge in [-0.25, -0.2) is 0 Å². The Morgan fingerprint density at radius 2 is 0.438 bits per heavy atom. The largest absolute Gasteiger partial charge is 1.00 e. The van der Waals surface area contributed by atoms with Gasteiger partial charge in [-0.05, 0) is 22.5 Å². The second-order valence-corrected chi connectivity index (χ2v) is 1.15. The molecule has 0 bridgehead atoms. The first-order valence-corrected chi connectivity index (χ1v) is 3.77. The summed E-state index contributed by atoms with van der Waals surface area (Å²) in [5.74, 6) is 0. The van der Waals surface area contributed by atoms with E-state index in [1.807, 2.05) is 0 Å². The van der Waals surface area contributed by atoms with Gasteiger partial charge in [-0.3, -0.25) is 0 Å². The molecule has 0 saturated heterocycles. The van der Waals surface area contributed by atoms with Crippen molar-refractivity contribution in [2.75, 3.05) is 0 Å². The van der Waals surface area contributed by atoms with E-state index in [9.17, 15) is 0 Å². The molecule has 0 radical (unpaired) electrons. The van der Waals surface area contributed by atoms with Crippen LogP contribution in [0.15, 0.2) is 0 Å². The van der Waals surface area contributed by atoms with Gasteiger partial charge >= 0.3 is 118 Å². The van der Waals surface area contributed by atoms with Gasteiger partial charge in [-0.1, -0.05) is 0 Å².